The van der Waals surface area contributed by atoms with E-state index < -0.39 is 0 Å². The molecule has 4 rings (SSSR count). The molecule has 150 valence electrons. The van der Waals surface area contributed by atoms with E-state index in [-0.39, 0.29) is 5.41 Å². The molecule has 3 nitrogen and oxygen atoms in total. The fourth-order valence-corrected chi connectivity index (χ4v) is 4.09. The van der Waals surface area contributed by atoms with Gasteiger partial charge in [-0.15, -0.1) is 0 Å². The Morgan fingerprint density at radius 3 is 2.24 bits per heavy atom. The molecular weight excluding hydrogens is 354 g/mol. The zero-order valence-corrected chi connectivity index (χ0v) is 18.7. The Hall–Kier alpha value is -2.81. The smallest absolute Gasteiger partial charge is 0.216 e. The van der Waals surface area contributed by atoms with E-state index >= 15 is 0 Å². The summed E-state index contributed by atoms with van der Waals surface area (Å²) >= 11 is 0. The second-order valence-electron chi connectivity index (χ2n) is 9.31. The molecule has 0 spiro atoms. The highest BCUT2D eigenvalue weighted by molar-refractivity contribution is 5.81. The maximum Gasteiger partial charge on any atom is 0.216 e. The van der Waals surface area contributed by atoms with Gasteiger partial charge in [-0.2, -0.15) is 4.57 Å². The molecule has 3 heteroatoms. The van der Waals surface area contributed by atoms with Crippen LogP contribution in [0.1, 0.15) is 44.5 Å². The molecule has 0 N–H and O–H groups in total. The van der Waals surface area contributed by atoms with Gasteiger partial charge in [-0.1, -0.05) is 39.0 Å². The Balaban J connectivity index is 1.97. The van der Waals surface area contributed by atoms with Crippen molar-refractivity contribution in [2.24, 2.45) is 0 Å². The van der Waals surface area contributed by atoms with Crippen molar-refractivity contribution in [3.05, 3.63) is 77.9 Å². The van der Waals surface area contributed by atoms with Crippen LogP contribution in [0.5, 0.6) is 0 Å². The van der Waals surface area contributed by atoms with Crippen molar-refractivity contribution in [3.63, 3.8) is 0 Å². The van der Waals surface area contributed by atoms with Crippen molar-refractivity contribution in [1.29, 1.82) is 0 Å². The van der Waals surface area contributed by atoms with Crippen LogP contribution in [0.25, 0.3) is 16.5 Å². The molecule has 1 aliphatic heterocycles. The van der Waals surface area contributed by atoms with Crippen molar-refractivity contribution >= 4 is 16.5 Å². The van der Waals surface area contributed by atoms with Crippen LogP contribution in [-0.4, -0.2) is 18.1 Å². The highest BCUT2D eigenvalue weighted by Crippen LogP contribution is 2.35. The minimum absolute atomic E-state index is 0.0705. The molecule has 0 radical (unpaired) electrons. The fraction of sp³-hybridized carbons (Fsp3) is 0.346. The number of aromatic nitrogens is 1. The highest BCUT2D eigenvalue weighted by atomic mass is 15.4. The van der Waals surface area contributed by atoms with Crippen molar-refractivity contribution in [2.75, 3.05) is 11.9 Å². The van der Waals surface area contributed by atoms with Crippen molar-refractivity contribution in [1.82, 2.24) is 4.90 Å². The molecule has 3 aromatic rings. The average molecular weight is 387 g/mol. The number of hydrogen-bond acceptors (Lipinski definition) is 2. The summed E-state index contributed by atoms with van der Waals surface area (Å²) in [6.45, 7) is 13.6. The van der Waals surface area contributed by atoms with Gasteiger partial charge in [0.1, 0.15) is 6.17 Å². The molecule has 0 bridgehead atoms. The molecule has 0 saturated heterocycles. The van der Waals surface area contributed by atoms with Gasteiger partial charge in [-0.25, -0.2) is 0 Å². The molecule has 0 saturated carbocycles. The van der Waals surface area contributed by atoms with Crippen LogP contribution in [0.15, 0.2) is 61.1 Å². The largest absolute Gasteiger partial charge is 0.359 e. The number of hydrogen-bond donors (Lipinski definition) is 0. The summed E-state index contributed by atoms with van der Waals surface area (Å²) in [6, 6.07) is 15.6. The zero-order valence-electron chi connectivity index (χ0n) is 18.7. The first-order valence-corrected chi connectivity index (χ1v) is 10.4. The molecule has 0 fully saturated rings. The summed E-state index contributed by atoms with van der Waals surface area (Å²) in [7, 11) is 2.13. The third kappa shape index (κ3) is 3.39. The highest BCUT2D eigenvalue weighted by Gasteiger charge is 2.28. The summed E-state index contributed by atoms with van der Waals surface area (Å²) in [5.74, 6) is 0. The minimum atomic E-state index is 0.0705. The SMILES string of the molecule is Cc1c(N2C=CN(C)[C@H]2C)cc(C(C)(C)C)cc1-[n+]1cc2ccccc2cc1C. The minimum Gasteiger partial charge on any atom is -0.359 e. The van der Waals surface area contributed by atoms with E-state index in [1.165, 1.54) is 39.0 Å². The van der Waals surface area contributed by atoms with Gasteiger partial charge in [0.05, 0.1) is 5.69 Å². The quantitative estimate of drug-likeness (QED) is 0.531. The molecule has 0 amide bonds. The first-order chi connectivity index (χ1) is 13.7. The first-order valence-electron chi connectivity index (χ1n) is 10.4. The number of pyridine rings is 1. The van der Waals surface area contributed by atoms with Crippen LogP contribution >= 0.6 is 0 Å². The molecule has 2 heterocycles. The summed E-state index contributed by atoms with van der Waals surface area (Å²) in [6.07, 6.45) is 6.93. The zero-order chi connectivity index (χ0) is 20.9. The Kier molecular flexibility index (Phi) is 4.65. The van der Waals surface area contributed by atoms with Crippen LogP contribution in [0.3, 0.4) is 0 Å². The lowest BCUT2D eigenvalue weighted by Gasteiger charge is -2.30. The van der Waals surface area contributed by atoms with Crippen LogP contribution in [-0.2, 0) is 5.41 Å². The van der Waals surface area contributed by atoms with Gasteiger partial charge >= 0.3 is 0 Å². The van der Waals surface area contributed by atoms with Crippen LogP contribution in [0.2, 0.25) is 0 Å². The van der Waals surface area contributed by atoms with E-state index in [1.54, 1.807) is 0 Å². The average Bonchev–Trinajstić information content (AvgIpc) is 2.99. The Morgan fingerprint density at radius 1 is 0.931 bits per heavy atom. The summed E-state index contributed by atoms with van der Waals surface area (Å²) < 4.78 is 2.35. The third-order valence-corrected chi connectivity index (χ3v) is 6.22. The van der Waals surface area contributed by atoms with E-state index in [0.717, 1.165) is 0 Å². The van der Waals surface area contributed by atoms with Crippen LogP contribution in [0.4, 0.5) is 5.69 Å². The van der Waals surface area contributed by atoms with E-state index in [0.29, 0.717) is 6.17 Å². The molecule has 2 aromatic carbocycles. The van der Waals surface area contributed by atoms with Gasteiger partial charge in [0.2, 0.25) is 5.69 Å². The summed E-state index contributed by atoms with van der Waals surface area (Å²) in [4.78, 5) is 4.63. The predicted octanol–water partition coefficient (Wildman–Crippen LogP) is 5.60. The lowest BCUT2D eigenvalue weighted by Crippen LogP contribution is -2.38. The number of fused-ring (bicyclic) bond motifs is 1. The number of rotatable bonds is 2. The maximum atomic E-state index is 2.38. The summed E-state index contributed by atoms with van der Waals surface area (Å²) in [5, 5.41) is 2.54. The Bertz CT molecular complexity index is 1100. The van der Waals surface area contributed by atoms with Gasteiger partial charge in [-0.05, 0) is 42.3 Å². The van der Waals surface area contributed by atoms with Gasteiger partial charge in [0.25, 0.3) is 0 Å². The van der Waals surface area contributed by atoms with Crippen LogP contribution in [0, 0.1) is 13.8 Å². The van der Waals surface area contributed by atoms with E-state index in [2.05, 4.69) is 124 Å². The Morgan fingerprint density at radius 2 is 1.62 bits per heavy atom. The maximum absolute atomic E-state index is 2.38. The lowest BCUT2D eigenvalue weighted by molar-refractivity contribution is -0.601. The van der Waals surface area contributed by atoms with E-state index in [4.69, 9.17) is 0 Å². The van der Waals surface area contributed by atoms with Crippen molar-refractivity contribution in [3.8, 4) is 5.69 Å². The van der Waals surface area contributed by atoms with Gasteiger partial charge in [0, 0.05) is 49.5 Å². The molecule has 1 aliphatic rings. The van der Waals surface area contributed by atoms with Crippen molar-refractivity contribution < 1.29 is 4.57 Å². The second-order valence-corrected chi connectivity index (χ2v) is 9.31. The topological polar surface area (TPSA) is 10.4 Å². The molecule has 0 aliphatic carbocycles. The van der Waals surface area contributed by atoms with Crippen molar-refractivity contribution in [2.45, 2.75) is 53.1 Å². The van der Waals surface area contributed by atoms with E-state index in [1.807, 2.05) is 0 Å². The number of nitrogens with zero attached hydrogens (tertiary/aromatic N) is 3. The predicted molar refractivity (Wildman–Crippen MR) is 122 cm³/mol. The number of aryl methyl sites for hydroxylation is 1. The Labute approximate surface area is 174 Å². The normalized spacial score (nSPS) is 16.9. The second kappa shape index (κ2) is 6.91. The fourth-order valence-electron chi connectivity index (χ4n) is 4.09. The van der Waals surface area contributed by atoms with Gasteiger partial charge in [-0.3, -0.25) is 0 Å². The monoisotopic (exact) mass is 386 g/mol. The summed E-state index contributed by atoms with van der Waals surface area (Å²) in [5.41, 5.74) is 6.50. The molecule has 0 unspecified atom stereocenters. The van der Waals surface area contributed by atoms with E-state index in [9.17, 15) is 0 Å². The standard InChI is InChI=1S/C26H32N3/c1-18-14-21-10-8-9-11-22(21)17-29(18)25-16-23(26(4,5)6)15-24(19(25)2)28-13-12-27(7)20(28)3/h8-17,20H,1-7H3/q+1/t20-/m1/s1. The number of benzene rings is 2. The third-order valence-electron chi connectivity index (χ3n) is 6.22. The lowest BCUT2D eigenvalue weighted by atomic mass is 9.85. The number of anilines is 1. The first kappa shape index (κ1) is 19.5. The van der Waals surface area contributed by atoms with Gasteiger partial charge < -0.3 is 9.80 Å². The van der Waals surface area contributed by atoms with Crippen LogP contribution < -0.4 is 9.47 Å². The molecule has 1 aromatic heterocycles. The molecule has 29 heavy (non-hydrogen) atoms. The van der Waals surface area contributed by atoms with Gasteiger partial charge in [0.15, 0.2) is 11.9 Å². The molecular formula is C26H32N3+. The molecule has 1 atom stereocenters.